The molecule has 1 aromatic carbocycles. The molecule has 4 heteroatoms. The van der Waals surface area contributed by atoms with Crippen LogP contribution >= 0.6 is 0 Å². The SMILES string of the molecule is COc1ccc(S(=O)C(C)CC(C)N)cc1. The van der Waals surface area contributed by atoms with Gasteiger partial charge in [0.1, 0.15) is 5.75 Å². The quantitative estimate of drug-likeness (QED) is 0.857. The predicted molar refractivity (Wildman–Crippen MR) is 67.1 cm³/mol. The molecule has 3 unspecified atom stereocenters. The number of hydrogen-bond acceptors (Lipinski definition) is 3. The first-order valence-corrected chi connectivity index (χ1v) is 6.56. The Morgan fingerprint density at radius 3 is 2.31 bits per heavy atom. The maximum Gasteiger partial charge on any atom is 0.118 e. The van der Waals surface area contributed by atoms with Gasteiger partial charge >= 0.3 is 0 Å². The highest BCUT2D eigenvalue weighted by Crippen LogP contribution is 2.18. The maximum atomic E-state index is 12.1. The first-order valence-electron chi connectivity index (χ1n) is 5.34. The monoisotopic (exact) mass is 241 g/mol. The summed E-state index contributed by atoms with van der Waals surface area (Å²) in [6.07, 6.45) is 0.763. The lowest BCUT2D eigenvalue weighted by Crippen LogP contribution is -2.23. The standard InChI is InChI=1S/C12H19NO2S/c1-9(13)8-10(2)16(14)12-6-4-11(15-3)5-7-12/h4-7,9-10H,8,13H2,1-3H3. The van der Waals surface area contributed by atoms with Crippen molar-refractivity contribution in [2.24, 2.45) is 5.73 Å². The molecule has 0 amide bonds. The molecular formula is C12H19NO2S. The Bertz CT molecular complexity index is 349. The summed E-state index contributed by atoms with van der Waals surface area (Å²) in [5, 5.41) is 0.0772. The van der Waals surface area contributed by atoms with Crippen LogP contribution in [0.5, 0.6) is 5.75 Å². The second kappa shape index (κ2) is 6.01. The zero-order valence-electron chi connectivity index (χ0n) is 9.97. The second-order valence-electron chi connectivity index (χ2n) is 4.00. The Morgan fingerprint density at radius 2 is 1.88 bits per heavy atom. The lowest BCUT2D eigenvalue weighted by Gasteiger charge is -2.13. The van der Waals surface area contributed by atoms with Crippen molar-refractivity contribution in [3.63, 3.8) is 0 Å². The van der Waals surface area contributed by atoms with Crippen molar-refractivity contribution < 1.29 is 8.95 Å². The molecule has 3 nitrogen and oxygen atoms in total. The highest BCUT2D eigenvalue weighted by molar-refractivity contribution is 7.85. The average Bonchev–Trinajstić information content (AvgIpc) is 2.27. The van der Waals surface area contributed by atoms with Crippen LogP contribution in [-0.4, -0.2) is 22.6 Å². The van der Waals surface area contributed by atoms with E-state index < -0.39 is 10.8 Å². The average molecular weight is 241 g/mol. The van der Waals surface area contributed by atoms with Crippen LogP contribution in [0.15, 0.2) is 29.2 Å². The molecule has 1 rings (SSSR count). The molecular weight excluding hydrogens is 222 g/mol. The summed E-state index contributed by atoms with van der Waals surface area (Å²) in [5.74, 6) is 0.778. The largest absolute Gasteiger partial charge is 0.497 e. The van der Waals surface area contributed by atoms with E-state index in [9.17, 15) is 4.21 Å². The number of benzene rings is 1. The molecule has 90 valence electrons. The molecule has 0 fully saturated rings. The van der Waals surface area contributed by atoms with Gasteiger partial charge in [0, 0.05) is 16.2 Å². The highest BCUT2D eigenvalue weighted by atomic mass is 32.2. The molecule has 0 aromatic heterocycles. The number of hydrogen-bond donors (Lipinski definition) is 1. The number of ether oxygens (including phenoxy) is 1. The van der Waals surface area contributed by atoms with E-state index in [2.05, 4.69) is 0 Å². The van der Waals surface area contributed by atoms with Crippen LogP contribution in [0.25, 0.3) is 0 Å². The van der Waals surface area contributed by atoms with Crippen molar-refractivity contribution in [3.05, 3.63) is 24.3 Å². The van der Waals surface area contributed by atoms with E-state index in [4.69, 9.17) is 10.5 Å². The van der Waals surface area contributed by atoms with E-state index >= 15 is 0 Å². The second-order valence-corrected chi connectivity index (χ2v) is 5.87. The molecule has 1 aromatic rings. The highest BCUT2D eigenvalue weighted by Gasteiger charge is 2.14. The van der Waals surface area contributed by atoms with Crippen LogP contribution in [0.1, 0.15) is 20.3 Å². The van der Waals surface area contributed by atoms with Crippen molar-refractivity contribution in [2.45, 2.75) is 36.5 Å². The van der Waals surface area contributed by atoms with Gasteiger partial charge in [-0.25, -0.2) is 0 Å². The Hall–Kier alpha value is -0.870. The molecule has 0 aliphatic heterocycles. The summed E-state index contributed by atoms with van der Waals surface area (Å²) in [4.78, 5) is 0.828. The number of rotatable bonds is 5. The van der Waals surface area contributed by atoms with Crippen molar-refractivity contribution in [1.29, 1.82) is 0 Å². The molecule has 16 heavy (non-hydrogen) atoms. The van der Waals surface area contributed by atoms with Gasteiger partial charge in [-0.1, -0.05) is 6.92 Å². The third-order valence-electron chi connectivity index (χ3n) is 2.36. The normalized spacial score (nSPS) is 16.5. The van der Waals surface area contributed by atoms with E-state index in [-0.39, 0.29) is 11.3 Å². The van der Waals surface area contributed by atoms with E-state index in [1.54, 1.807) is 7.11 Å². The van der Waals surface area contributed by atoms with Gasteiger partial charge in [-0.3, -0.25) is 4.21 Å². The van der Waals surface area contributed by atoms with E-state index in [0.717, 1.165) is 17.1 Å². The van der Waals surface area contributed by atoms with Crippen LogP contribution in [0.4, 0.5) is 0 Å². The van der Waals surface area contributed by atoms with Gasteiger partial charge in [-0.05, 0) is 37.6 Å². The first-order chi connectivity index (χ1) is 7.54. The molecule has 0 radical (unpaired) electrons. The summed E-state index contributed by atoms with van der Waals surface area (Å²) >= 11 is 0. The summed E-state index contributed by atoms with van der Waals surface area (Å²) in [7, 11) is 0.621. The molecule has 0 bridgehead atoms. The fraction of sp³-hybridized carbons (Fsp3) is 0.500. The van der Waals surface area contributed by atoms with Crippen LogP contribution in [0.3, 0.4) is 0 Å². The minimum atomic E-state index is -0.995. The molecule has 0 aliphatic carbocycles. The first kappa shape index (κ1) is 13.2. The Labute approximate surface area is 99.4 Å². The van der Waals surface area contributed by atoms with Gasteiger partial charge in [-0.2, -0.15) is 0 Å². The van der Waals surface area contributed by atoms with Gasteiger partial charge < -0.3 is 10.5 Å². The van der Waals surface area contributed by atoms with Gasteiger partial charge in [-0.15, -0.1) is 0 Å². The van der Waals surface area contributed by atoms with Crippen molar-refractivity contribution in [1.82, 2.24) is 0 Å². The topological polar surface area (TPSA) is 52.3 Å². The lowest BCUT2D eigenvalue weighted by atomic mass is 10.2. The van der Waals surface area contributed by atoms with Gasteiger partial charge in [0.25, 0.3) is 0 Å². The number of methoxy groups -OCH3 is 1. The van der Waals surface area contributed by atoms with E-state index in [0.29, 0.717) is 0 Å². The lowest BCUT2D eigenvalue weighted by molar-refractivity contribution is 0.414. The van der Waals surface area contributed by atoms with Crippen molar-refractivity contribution in [2.75, 3.05) is 7.11 Å². The van der Waals surface area contributed by atoms with Crippen LogP contribution in [-0.2, 0) is 10.8 Å². The third kappa shape index (κ3) is 3.61. The van der Waals surface area contributed by atoms with Crippen molar-refractivity contribution in [3.8, 4) is 5.75 Å². The maximum absolute atomic E-state index is 12.1. The molecule has 0 saturated heterocycles. The molecule has 0 spiro atoms. The molecule has 2 N–H and O–H groups in total. The van der Waals surface area contributed by atoms with Crippen LogP contribution in [0, 0.1) is 0 Å². The fourth-order valence-corrected chi connectivity index (χ4v) is 2.90. The summed E-state index contributed by atoms with van der Waals surface area (Å²) in [6, 6.07) is 7.41. The summed E-state index contributed by atoms with van der Waals surface area (Å²) in [6.45, 7) is 3.89. The van der Waals surface area contributed by atoms with Gasteiger partial charge in [0.15, 0.2) is 0 Å². The van der Waals surface area contributed by atoms with Crippen molar-refractivity contribution >= 4 is 10.8 Å². The smallest absolute Gasteiger partial charge is 0.118 e. The van der Waals surface area contributed by atoms with Gasteiger partial charge in [0.05, 0.1) is 17.9 Å². The van der Waals surface area contributed by atoms with E-state index in [1.165, 1.54) is 0 Å². The van der Waals surface area contributed by atoms with Crippen LogP contribution in [0.2, 0.25) is 0 Å². The minimum absolute atomic E-state index is 0.0772. The molecule has 0 aliphatic rings. The van der Waals surface area contributed by atoms with Gasteiger partial charge in [0.2, 0.25) is 0 Å². The zero-order chi connectivity index (χ0) is 12.1. The Morgan fingerprint density at radius 1 is 1.31 bits per heavy atom. The molecule has 0 heterocycles. The van der Waals surface area contributed by atoms with Crippen LogP contribution < -0.4 is 10.5 Å². The summed E-state index contributed by atoms with van der Waals surface area (Å²) in [5.41, 5.74) is 5.70. The van der Waals surface area contributed by atoms with E-state index in [1.807, 2.05) is 38.1 Å². The molecule has 0 saturated carbocycles. The minimum Gasteiger partial charge on any atom is -0.497 e. The fourth-order valence-electron chi connectivity index (χ4n) is 1.55. The Kier molecular flexibility index (Phi) is 4.96. The zero-order valence-corrected chi connectivity index (χ0v) is 10.8. The third-order valence-corrected chi connectivity index (χ3v) is 4.02. The summed E-state index contributed by atoms with van der Waals surface area (Å²) < 4.78 is 17.1. The Balaban J connectivity index is 2.72. The number of nitrogens with two attached hydrogens (primary N) is 1. The predicted octanol–water partition coefficient (Wildman–Crippen LogP) is 1.93. The molecule has 3 atom stereocenters.